The van der Waals surface area contributed by atoms with Crippen LogP contribution in [0.25, 0.3) is 0 Å². The molecule has 0 aliphatic carbocycles. The SMILES string of the molecule is COc1ccc(CN=C(NCc2nnc(C)n2C)N(C)Cc2ccc(SC)cc2)cc1. The fraction of sp³-hybridized carbons (Fsp3) is 0.348. The second-order valence-electron chi connectivity index (χ2n) is 7.27. The topological polar surface area (TPSA) is 67.6 Å². The molecule has 0 amide bonds. The van der Waals surface area contributed by atoms with Crippen molar-refractivity contribution in [2.24, 2.45) is 12.0 Å². The highest BCUT2D eigenvalue weighted by Gasteiger charge is 2.11. The molecule has 1 N–H and O–H groups in total. The highest BCUT2D eigenvalue weighted by molar-refractivity contribution is 7.98. The van der Waals surface area contributed by atoms with Crippen molar-refractivity contribution in [3.8, 4) is 5.75 Å². The molecule has 0 fully saturated rings. The third kappa shape index (κ3) is 6.24. The molecule has 3 aromatic rings. The van der Waals surface area contributed by atoms with Crippen LogP contribution in [-0.4, -0.2) is 46.0 Å². The minimum Gasteiger partial charge on any atom is -0.497 e. The molecule has 8 heteroatoms. The number of hydrogen-bond acceptors (Lipinski definition) is 5. The predicted molar refractivity (Wildman–Crippen MR) is 126 cm³/mol. The standard InChI is InChI=1S/C23H30N6OS/c1-17-26-27-22(29(17)3)15-25-23(24-14-18-6-10-20(30-4)11-7-18)28(2)16-19-8-12-21(31-5)13-9-19/h6-13H,14-16H2,1-5H3,(H,24,25). The first-order valence-electron chi connectivity index (χ1n) is 10.1. The van der Waals surface area contributed by atoms with Crippen LogP contribution in [0, 0.1) is 6.92 Å². The number of aryl methyl sites for hydroxylation is 1. The van der Waals surface area contributed by atoms with Crippen LogP contribution in [0.15, 0.2) is 58.4 Å². The largest absolute Gasteiger partial charge is 0.497 e. The summed E-state index contributed by atoms with van der Waals surface area (Å²) in [5, 5.41) is 11.8. The van der Waals surface area contributed by atoms with Gasteiger partial charge in [-0.15, -0.1) is 22.0 Å². The van der Waals surface area contributed by atoms with E-state index in [9.17, 15) is 0 Å². The molecule has 0 atom stereocenters. The van der Waals surface area contributed by atoms with Crippen molar-refractivity contribution in [3.05, 3.63) is 71.3 Å². The summed E-state index contributed by atoms with van der Waals surface area (Å²) < 4.78 is 7.22. The zero-order valence-electron chi connectivity index (χ0n) is 18.8. The first-order chi connectivity index (χ1) is 15.0. The van der Waals surface area contributed by atoms with E-state index in [1.165, 1.54) is 10.5 Å². The Hall–Kier alpha value is -3.00. The van der Waals surface area contributed by atoms with Gasteiger partial charge in [-0.3, -0.25) is 0 Å². The monoisotopic (exact) mass is 438 g/mol. The fourth-order valence-electron chi connectivity index (χ4n) is 3.05. The summed E-state index contributed by atoms with van der Waals surface area (Å²) in [6.07, 6.45) is 2.09. The molecule has 0 aliphatic rings. The maximum atomic E-state index is 5.24. The van der Waals surface area contributed by atoms with Gasteiger partial charge in [0.2, 0.25) is 0 Å². The lowest BCUT2D eigenvalue weighted by Gasteiger charge is -2.23. The van der Waals surface area contributed by atoms with Crippen LogP contribution in [0.2, 0.25) is 0 Å². The molecule has 1 heterocycles. The first kappa shape index (κ1) is 22.7. The minimum atomic E-state index is 0.550. The third-order valence-corrected chi connectivity index (χ3v) is 5.84. The van der Waals surface area contributed by atoms with E-state index in [0.717, 1.165) is 35.5 Å². The highest BCUT2D eigenvalue weighted by atomic mass is 32.2. The normalized spacial score (nSPS) is 11.5. The molecule has 0 radical (unpaired) electrons. The zero-order chi connectivity index (χ0) is 22.2. The van der Waals surface area contributed by atoms with E-state index in [0.29, 0.717) is 13.1 Å². The molecular formula is C23H30N6OS. The smallest absolute Gasteiger partial charge is 0.194 e. The second kappa shape index (κ2) is 10.9. The van der Waals surface area contributed by atoms with Crippen molar-refractivity contribution in [2.75, 3.05) is 20.4 Å². The average molecular weight is 439 g/mol. The van der Waals surface area contributed by atoms with Gasteiger partial charge in [-0.1, -0.05) is 24.3 Å². The van der Waals surface area contributed by atoms with Crippen molar-refractivity contribution in [1.29, 1.82) is 0 Å². The van der Waals surface area contributed by atoms with Crippen molar-refractivity contribution in [3.63, 3.8) is 0 Å². The van der Waals surface area contributed by atoms with Crippen molar-refractivity contribution < 1.29 is 4.74 Å². The Morgan fingerprint density at radius 1 is 1.10 bits per heavy atom. The maximum absolute atomic E-state index is 5.24. The van der Waals surface area contributed by atoms with Gasteiger partial charge in [-0.05, 0) is 48.6 Å². The van der Waals surface area contributed by atoms with E-state index in [2.05, 4.69) is 50.9 Å². The number of guanidine groups is 1. The minimum absolute atomic E-state index is 0.550. The van der Waals surface area contributed by atoms with Gasteiger partial charge in [0.25, 0.3) is 0 Å². The number of rotatable bonds is 8. The lowest BCUT2D eigenvalue weighted by Crippen LogP contribution is -2.38. The fourth-order valence-corrected chi connectivity index (χ4v) is 3.46. The van der Waals surface area contributed by atoms with Crippen LogP contribution in [0.3, 0.4) is 0 Å². The van der Waals surface area contributed by atoms with Gasteiger partial charge >= 0.3 is 0 Å². The highest BCUT2D eigenvalue weighted by Crippen LogP contribution is 2.16. The van der Waals surface area contributed by atoms with Gasteiger partial charge < -0.3 is 19.5 Å². The second-order valence-corrected chi connectivity index (χ2v) is 8.15. The molecule has 0 saturated carbocycles. The number of hydrogen-bond donors (Lipinski definition) is 1. The summed E-state index contributed by atoms with van der Waals surface area (Å²) in [6, 6.07) is 16.6. The number of ether oxygens (including phenoxy) is 1. The van der Waals surface area contributed by atoms with E-state index < -0.39 is 0 Å². The van der Waals surface area contributed by atoms with E-state index in [4.69, 9.17) is 9.73 Å². The van der Waals surface area contributed by atoms with E-state index in [-0.39, 0.29) is 0 Å². The van der Waals surface area contributed by atoms with Gasteiger partial charge in [0.05, 0.1) is 20.2 Å². The number of nitrogens with zero attached hydrogens (tertiary/aromatic N) is 5. The van der Waals surface area contributed by atoms with Crippen LogP contribution in [0.4, 0.5) is 0 Å². The van der Waals surface area contributed by atoms with Gasteiger partial charge in [0, 0.05) is 25.5 Å². The Bertz CT molecular complexity index is 998. The third-order valence-electron chi connectivity index (χ3n) is 5.10. The molecule has 2 aromatic carbocycles. The van der Waals surface area contributed by atoms with Crippen molar-refractivity contribution in [1.82, 2.24) is 25.0 Å². The Morgan fingerprint density at radius 2 is 1.77 bits per heavy atom. The van der Waals surface area contributed by atoms with E-state index in [1.54, 1.807) is 18.9 Å². The zero-order valence-corrected chi connectivity index (χ0v) is 19.6. The lowest BCUT2D eigenvalue weighted by atomic mass is 10.2. The Balaban J connectivity index is 1.74. The molecule has 0 aliphatic heterocycles. The van der Waals surface area contributed by atoms with Gasteiger partial charge in [0.15, 0.2) is 11.8 Å². The summed E-state index contributed by atoms with van der Waals surface area (Å²) in [7, 11) is 5.69. The van der Waals surface area contributed by atoms with Crippen LogP contribution >= 0.6 is 11.8 Å². The molecule has 0 spiro atoms. The number of aliphatic imine (C=N–C) groups is 1. The molecule has 3 rings (SSSR count). The van der Waals surface area contributed by atoms with E-state index >= 15 is 0 Å². The van der Waals surface area contributed by atoms with Crippen molar-refractivity contribution >= 4 is 17.7 Å². The van der Waals surface area contributed by atoms with Crippen LogP contribution in [0.5, 0.6) is 5.75 Å². The quantitative estimate of drug-likeness (QED) is 0.329. The summed E-state index contributed by atoms with van der Waals surface area (Å²) in [5.41, 5.74) is 2.35. The van der Waals surface area contributed by atoms with Gasteiger partial charge in [0.1, 0.15) is 11.6 Å². The molecule has 0 bridgehead atoms. The first-order valence-corrected chi connectivity index (χ1v) is 11.3. The van der Waals surface area contributed by atoms with Gasteiger partial charge in [-0.2, -0.15) is 0 Å². The molecule has 31 heavy (non-hydrogen) atoms. The molecule has 0 saturated heterocycles. The summed E-state index contributed by atoms with van der Waals surface area (Å²) in [5.74, 6) is 3.41. The van der Waals surface area contributed by atoms with Crippen LogP contribution < -0.4 is 10.1 Å². The molecule has 0 unspecified atom stereocenters. The summed E-state index contributed by atoms with van der Waals surface area (Å²) in [6.45, 7) is 3.81. The van der Waals surface area contributed by atoms with Gasteiger partial charge in [-0.25, -0.2) is 4.99 Å². The number of benzene rings is 2. The maximum Gasteiger partial charge on any atom is 0.194 e. The molecule has 1 aromatic heterocycles. The summed E-state index contributed by atoms with van der Waals surface area (Å²) >= 11 is 1.75. The molecule has 164 valence electrons. The number of nitrogens with one attached hydrogen (secondary N) is 1. The van der Waals surface area contributed by atoms with Crippen LogP contribution in [0.1, 0.15) is 22.8 Å². The Kier molecular flexibility index (Phi) is 7.94. The molecular weight excluding hydrogens is 408 g/mol. The number of aromatic nitrogens is 3. The predicted octanol–water partition coefficient (Wildman–Crippen LogP) is 3.63. The van der Waals surface area contributed by atoms with E-state index in [1.807, 2.05) is 49.9 Å². The van der Waals surface area contributed by atoms with Crippen LogP contribution in [-0.2, 0) is 26.7 Å². The van der Waals surface area contributed by atoms with Crippen molar-refractivity contribution in [2.45, 2.75) is 31.5 Å². The Morgan fingerprint density at radius 3 is 2.35 bits per heavy atom. The Labute approximate surface area is 188 Å². The number of methoxy groups -OCH3 is 1. The molecule has 7 nitrogen and oxygen atoms in total. The number of thioether (sulfide) groups is 1. The average Bonchev–Trinajstić information content (AvgIpc) is 3.12. The summed E-state index contributed by atoms with van der Waals surface area (Å²) in [4.78, 5) is 8.25. The lowest BCUT2D eigenvalue weighted by molar-refractivity contribution is 0.414.